The molecule has 0 bridgehead atoms. The predicted octanol–water partition coefficient (Wildman–Crippen LogP) is 3.81. The first-order valence-electron chi connectivity index (χ1n) is 10.5. The number of hydrogen-bond donors (Lipinski definition) is 2. The first-order valence-corrected chi connectivity index (χ1v) is 11.7. The molecule has 1 fully saturated rings. The summed E-state index contributed by atoms with van der Waals surface area (Å²) in [4.78, 5) is 28.9. The smallest absolute Gasteiger partial charge is 0.241 e. The summed E-state index contributed by atoms with van der Waals surface area (Å²) >= 11 is 7.31. The second-order valence-corrected chi connectivity index (χ2v) is 9.05. The van der Waals surface area contributed by atoms with Gasteiger partial charge in [0.05, 0.1) is 24.0 Å². The average Bonchev–Trinajstić information content (AvgIpc) is 3.51. The molecule has 10 heteroatoms. The number of carbonyl (C=O) groups excluding carboxylic acids is 2. The van der Waals surface area contributed by atoms with Crippen LogP contribution >= 0.6 is 22.9 Å². The van der Waals surface area contributed by atoms with Gasteiger partial charge in [0, 0.05) is 22.6 Å². The molecule has 0 unspecified atom stereocenters. The molecule has 2 N–H and O–H groups in total. The number of halogens is 1. The number of anilines is 1. The summed E-state index contributed by atoms with van der Waals surface area (Å²) in [6.45, 7) is 0.457. The summed E-state index contributed by atoms with van der Waals surface area (Å²) in [5.74, 6) is 0.446. The van der Waals surface area contributed by atoms with E-state index < -0.39 is 0 Å². The Morgan fingerprint density at radius 1 is 1.19 bits per heavy atom. The molecule has 1 aromatic carbocycles. The Morgan fingerprint density at radius 2 is 1.97 bits per heavy atom. The highest BCUT2D eigenvalue weighted by Gasteiger charge is 2.17. The molecule has 1 saturated carbocycles. The van der Waals surface area contributed by atoms with Crippen molar-refractivity contribution < 1.29 is 14.3 Å². The standard InChI is InChI=1S/C22H24ClN5O3S/c23-15-5-7-19(8-6-15)31-13-22-27-17(14-32-22)9-20(29)26-18-10-24-28(11-18)12-21(30)25-16-3-1-2-4-16/h5-8,10-11,14,16H,1-4,9,12-13H2,(H,25,30)(H,26,29). The minimum absolute atomic E-state index is 0.0614. The fourth-order valence-corrected chi connectivity index (χ4v) is 4.38. The van der Waals surface area contributed by atoms with Gasteiger partial charge >= 0.3 is 0 Å². The van der Waals surface area contributed by atoms with Crippen LogP contribution in [0.15, 0.2) is 42.0 Å². The molecular weight excluding hydrogens is 450 g/mol. The van der Waals surface area contributed by atoms with Crippen molar-refractivity contribution in [2.24, 2.45) is 0 Å². The molecule has 0 atom stereocenters. The number of thiazole rings is 1. The summed E-state index contributed by atoms with van der Waals surface area (Å²) in [5.41, 5.74) is 1.22. The maximum Gasteiger partial charge on any atom is 0.241 e. The van der Waals surface area contributed by atoms with Crippen LogP contribution in [0.25, 0.3) is 0 Å². The van der Waals surface area contributed by atoms with Crippen molar-refractivity contribution in [2.75, 3.05) is 5.32 Å². The van der Waals surface area contributed by atoms with Crippen LogP contribution in [0.5, 0.6) is 5.75 Å². The van der Waals surface area contributed by atoms with Crippen LogP contribution in [-0.2, 0) is 29.2 Å². The number of aromatic nitrogens is 3. The minimum Gasteiger partial charge on any atom is -0.486 e. The van der Waals surface area contributed by atoms with Crippen LogP contribution in [0.4, 0.5) is 5.69 Å². The maximum absolute atomic E-state index is 12.4. The molecule has 2 aromatic heterocycles. The maximum atomic E-state index is 12.4. The minimum atomic E-state index is -0.199. The number of nitrogens with one attached hydrogen (secondary N) is 2. The third-order valence-corrected chi connectivity index (χ3v) is 6.18. The zero-order valence-corrected chi connectivity index (χ0v) is 19.0. The van der Waals surface area contributed by atoms with Gasteiger partial charge in [0.2, 0.25) is 11.8 Å². The van der Waals surface area contributed by atoms with E-state index in [1.807, 2.05) is 5.38 Å². The highest BCUT2D eigenvalue weighted by molar-refractivity contribution is 7.09. The first kappa shape index (κ1) is 22.3. The molecule has 32 heavy (non-hydrogen) atoms. The fraction of sp³-hybridized carbons (Fsp3) is 0.364. The van der Waals surface area contributed by atoms with Gasteiger partial charge in [0.15, 0.2) is 0 Å². The summed E-state index contributed by atoms with van der Waals surface area (Å²) in [5, 5.41) is 13.3. The molecule has 0 spiro atoms. The summed E-state index contributed by atoms with van der Waals surface area (Å²) < 4.78 is 7.20. The van der Waals surface area contributed by atoms with Crippen molar-refractivity contribution in [1.29, 1.82) is 0 Å². The Morgan fingerprint density at radius 3 is 2.75 bits per heavy atom. The van der Waals surface area contributed by atoms with Gasteiger partial charge in [-0.25, -0.2) is 4.98 Å². The van der Waals surface area contributed by atoms with Crippen LogP contribution in [0, 0.1) is 0 Å². The summed E-state index contributed by atoms with van der Waals surface area (Å²) in [7, 11) is 0. The molecule has 8 nitrogen and oxygen atoms in total. The Bertz CT molecular complexity index is 1060. The van der Waals surface area contributed by atoms with Gasteiger partial charge in [0.1, 0.15) is 23.9 Å². The van der Waals surface area contributed by atoms with E-state index in [1.54, 1.807) is 30.5 Å². The molecule has 0 saturated heterocycles. The van der Waals surface area contributed by atoms with Crippen LogP contribution in [0.3, 0.4) is 0 Å². The van der Waals surface area contributed by atoms with E-state index in [0.717, 1.165) is 17.8 Å². The van der Waals surface area contributed by atoms with Crippen molar-refractivity contribution in [3.63, 3.8) is 0 Å². The molecule has 2 heterocycles. The van der Waals surface area contributed by atoms with Crippen molar-refractivity contribution in [3.05, 3.63) is 57.8 Å². The van der Waals surface area contributed by atoms with Gasteiger partial charge in [-0.3, -0.25) is 14.3 Å². The molecule has 3 aromatic rings. The second kappa shape index (κ2) is 10.6. The summed E-state index contributed by atoms with van der Waals surface area (Å²) in [6.07, 6.45) is 7.74. The lowest BCUT2D eigenvalue weighted by Crippen LogP contribution is -2.35. The van der Waals surface area contributed by atoms with Crippen LogP contribution in [0.2, 0.25) is 5.02 Å². The zero-order valence-electron chi connectivity index (χ0n) is 17.4. The van der Waals surface area contributed by atoms with E-state index in [4.69, 9.17) is 16.3 Å². The van der Waals surface area contributed by atoms with E-state index in [2.05, 4.69) is 20.7 Å². The largest absolute Gasteiger partial charge is 0.486 e. The van der Waals surface area contributed by atoms with Gasteiger partial charge in [-0.15, -0.1) is 11.3 Å². The quantitative estimate of drug-likeness (QED) is 0.492. The van der Waals surface area contributed by atoms with E-state index >= 15 is 0 Å². The molecular formula is C22H24ClN5O3S. The van der Waals surface area contributed by atoms with Crippen LogP contribution < -0.4 is 15.4 Å². The Labute approximate surface area is 194 Å². The number of hydrogen-bond acceptors (Lipinski definition) is 6. The van der Waals surface area contributed by atoms with E-state index in [9.17, 15) is 9.59 Å². The number of nitrogens with zero attached hydrogens (tertiary/aromatic N) is 3. The third kappa shape index (κ3) is 6.54. The molecule has 2 amide bonds. The monoisotopic (exact) mass is 473 g/mol. The van der Waals surface area contributed by atoms with Crippen molar-refractivity contribution in [3.8, 4) is 5.75 Å². The lowest BCUT2D eigenvalue weighted by atomic mass is 10.2. The van der Waals surface area contributed by atoms with E-state index in [-0.39, 0.29) is 30.8 Å². The first-order chi connectivity index (χ1) is 15.5. The normalized spacial score (nSPS) is 13.8. The Kier molecular flexibility index (Phi) is 7.39. The zero-order chi connectivity index (χ0) is 22.3. The SMILES string of the molecule is O=C(Cc1csc(COc2ccc(Cl)cc2)n1)Nc1cnn(CC(=O)NC2CCCC2)c1. The fourth-order valence-electron chi connectivity index (χ4n) is 3.55. The number of carbonyl (C=O) groups is 2. The van der Waals surface area contributed by atoms with E-state index in [1.165, 1.54) is 35.1 Å². The predicted molar refractivity (Wildman–Crippen MR) is 123 cm³/mol. The average molecular weight is 474 g/mol. The van der Waals surface area contributed by atoms with Gasteiger partial charge < -0.3 is 15.4 Å². The molecule has 168 valence electrons. The highest BCUT2D eigenvalue weighted by atomic mass is 35.5. The van der Waals surface area contributed by atoms with E-state index in [0.29, 0.717) is 28.8 Å². The molecule has 1 aliphatic rings. The Hall–Kier alpha value is -2.91. The molecule has 0 radical (unpaired) electrons. The van der Waals surface area contributed by atoms with Crippen molar-refractivity contribution >= 4 is 40.4 Å². The number of benzene rings is 1. The Balaban J connectivity index is 1.21. The van der Waals surface area contributed by atoms with Crippen LogP contribution in [-0.4, -0.2) is 32.6 Å². The summed E-state index contributed by atoms with van der Waals surface area (Å²) in [6, 6.07) is 7.39. The van der Waals surface area contributed by atoms with Gasteiger partial charge in [0.25, 0.3) is 0 Å². The van der Waals surface area contributed by atoms with Gasteiger partial charge in [-0.05, 0) is 37.1 Å². The van der Waals surface area contributed by atoms with Gasteiger partial charge in [-0.1, -0.05) is 24.4 Å². The number of ether oxygens (including phenoxy) is 1. The second-order valence-electron chi connectivity index (χ2n) is 7.68. The lowest BCUT2D eigenvalue weighted by molar-refractivity contribution is -0.122. The third-order valence-electron chi connectivity index (χ3n) is 5.06. The molecule has 1 aliphatic carbocycles. The molecule has 4 rings (SSSR count). The van der Waals surface area contributed by atoms with Crippen molar-refractivity contribution in [2.45, 2.75) is 51.3 Å². The van der Waals surface area contributed by atoms with Gasteiger partial charge in [-0.2, -0.15) is 5.10 Å². The highest BCUT2D eigenvalue weighted by Crippen LogP contribution is 2.19. The van der Waals surface area contributed by atoms with Crippen LogP contribution in [0.1, 0.15) is 36.4 Å². The molecule has 0 aliphatic heterocycles. The topological polar surface area (TPSA) is 98.1 Å². The number of rotatable bonds is 9. The lowest BCUT2D eigenvalue weighted by Gasteiger charge is -2.11. The van der Waals surface area contributed by atoms with Crippen molar-refractivity contribution in [1.82, 2.24) is 20.1 Å². The number of amides is 2.